The van der Waals surface area contributed by atoms with Crippen LogP contribution in [0.25, 0.3) is 5.65 Å². The fourth-order valence-corrected chi connectivity index (χ4v) is 1.99. The van der Waals surface area contributed by atoms with Crippen LogP contribution in [0.15, 0.2) is 24.8 Å². The van der Waals surface area contributed by atoms with Gasteiger partial charge in [-0.25, -0.2) is 4.98 Å². The molecule has 0 aliphatic rings. The maximum atomic E-state index is 4.30. The van der Waals surface area contributed by atoms with Crippen LogP contribution in [0.4, 0.5) is 5.82 Å². The van der Waals surface area contributed by atoms with Gasteiger partial charge in [-0.3, -0.25) is 9.08 Å². The second-order valence-electron chi connectivity index (χ2n) is 4.42. The molecule has 0 unspecified atom stereocenters. The topological polar surface area (TPSA) is 72.9 Å². The van der Waals surface area contributed by atoms with E-state index in [2.05, 4.69) is 25.6 Å². The van der Waals surface area contributed by atoms with Crippen molar-refractivity contribution in [2.45, 2.75) is 13.3 Å². The van der Waals surface area contributed by atoms with Gasteiger partial charge in [-0.1, -0.05) is 0 Å². The molecule has 3 heterocycles. The summed E-state index contributed by atoms with van der Waals surface area (Å²) < 4.78 is 3.72. The van der Waals surface area contributed by atoms with Gasteiger partial charge in [0, 0.05) is 32.2 Å². The molecule has 0 spiro atoms. The minimum Gasteiger partial charge on any atom is -0.367 e. The zero-order chi connectivity index (χ0) is 13.2. The highest BCUT2D eigenvalue weighted by molar-refractivity contribution is 5.61. The first-order chi connectivity index (χ1) is 9.24. The zero-order valence-corrected chi connectivity index (χ0v) is 10.9. The van der Waals surface area contributed by atoms with Crippen molar-refractivity contribution < 1.29 is 0 Å². The number of rotatable bonds is 4. The summed E-state index contributed by atoms with van der Waals surface area (Å²) in [6.45, 7) is 2.70. The molecular weight excluding hydrogens is 242 g/mol. The van der Waals surface area contributed by atoms with Crippen molar-refractivity contribution >= 4 is 11.5 Å². The van der Waals surface area contributed by atoms with Gasteiger partial charge in [0.2, 0.25) is 5.65 Å². The van der Waals surface area contributed by atoms with Gasteiger partial charge in [-0.2, -0.15) is 5.10 Å². The average molecular weight is 257 g/mol. The second kappa shape index (κ2) is 4.68. The summed E-state index contributed by atoms with van der Waals surface area (Å²) in [6, 6.07) is 0. The molecule has 19 heavy (non-hydrogen) atoms. The molecule has 7 nitrogen and oxygen atoms in total. The predicted octanol–water partition coefficient (Wildman–Crippen LogP) is 0.821. The fourth-order valence-electron chi connectivity index (χ4n) is 1.99. The molecule has 0 aliphatic carbocycles. The van der Waals surface area contributed by atoms with E-state index >= 15 is 0 Å². The number of hydrogen-bond donors (Lipinski definition) is 1. The minimum atomic E-state index is 0.756. The molecule has 0 atom stereocenters. The predicted molar refractivity (Wildman–Crippen MR) is 70.9 cm³/mol. The smallest absolute Gasteiger partial charge is 0.203 e. The number of nitrogens with zero attached hydrogens (tertiary/aromatic N) is 6. The summed E-state index contributed by atoms with van der Waals surface area (Å²) in [7, 11) is 1.91. The van der Waals surface area contributed by atoms with Crippen molar-refractivity contribution in [1.82, 2.24) is 29.4 Å². The molecule has 0 fully saturated rings. The van der Waals surface area contributed by atoms with E-state index in [9.17, 15) is 0 Å². The summed E-state index contributed by atoms with van der Waals surface area (Å²) in [4.78, 5) is 4.30. The Morgan fingerprint density at radius 3 is 3.00 bits per heavy atom. The van der Waals surface area contributed by atoms with Crippen LogP contribution in [-0.4, -0.2) is 35.9 Å². The first-order valence-corrected chi connectivity index (χ1v) is 6.12. The number of anilines is 1. The van der Waals surface area contributed by atoms with Crippen LogP contribution in [0.2, 0.25) is 0 Å². The lowest BCUT2D eigenvalue weighted by Gasteiger charge is -2.05. The summed E-state index contributed by atoms with van der Waals surface area (Å²) >= 11 is 0. The van der Waals surface area contributed by atoms with Crippen LogP contribution in [0.5, 0.6) is 0 Å². The quantitative estimate of drug-likeness (QED) is 0.749. The summed E-state index contributed by atoms with van der Waals surface area (Å²) in [5.41, 5.74) is 1.95. The Balaban J connectivity index is 1.71. The number of aromatic nitrogens is 6. The van der Waals surface area contributed by atoms with Crippen LogP contribution in [0, 0.1) is 6.92 Å². The Morgan fingerprint density at radius 1 is 1.32 bits per heavy atom. The summed E-state index contributed by atoms with van der Waals surface area (Å²) in [5, 5.41) is 15.6. The summed E-state index contributed by atoms with van der Waals surface area (Å²) in [6.07, 6.45) is 8.38. The van der Waals surface area contributed by atoms with Gasteiger partial charge in [-0.05, 0) is 18.9 Å². The van der Waals surface area contributed by atoms with Gasteiger partial charge in [0.25, 0.3) is 0 Å². The molecule has 3 aromatic heterocycles. The molecule has 0 bridgehead atoms. The molecule has 1 N–H and O–H groups in total. The number of fused-ring (bicyclic) bond motifs is 1. The SMILES string of the molecule is Cc1nnc2c(NCCc3cnn(C)c3)nccn12. The largest absolute Gasteiger partial charge is 0.367 e. The maximum absolute atomic E-state index is 4.30. The van der Waals surface area contributed by atoms with E-state index in [1.807, 2.05) is 37.0 Å². The van der Waals surface area contributed by atoms with E-state index in [1.54, 1.807) is 10.9 Å². The Morgan fingerprint density at radius 2 is 2.21 bits per heavy atom. The molecule has 7 heteroatoms. The lowest BCUT2D eigenvalue weighted by molar-refractivity contribution is 0.767. The average Bonchev–Trinajstić information content (AvgIpc) is 2.98. The highest BCUT2D eigenvalue weighted by atomic mass is 15.3. The molecule has 0 aliphatic heterocycles. The van der Waals surface area contributed by atoms with Crippen LogP contribution in [0.3, 0.4) is 0 Å². The second-order valence-corrected chi connectivity index (χ2v) is 4.42. The Labute approximate surface area is 110 Å². The van der Waals surface area contributed by atoms with E-state index in [1.165, 1.54) is 5.56 Å². The van der Waals surface area contributed by atoms with Gasteiger partial charge in [0.15, 0.2) is 5.82 Å². The Hall–Kier alpha value is -2.44. The summed E-state index contributed by atoms with van der Waals surface area (Å²) in [5.74, 6) is 1.61. The van der Waals surface area contributed by atoms with Crippen molar-refractivity contribution in [3.63, 3.8) is 0 Å². The van der Waals surface area contributed by atoms with Crippen molar-refractivity contribution in [3.8, 4) is 0 Å². The fraction of sp³-hybridized carbons (Fsp3) is 0.333. The standard InChI is InChI=1S/C12H15N7/c1-9-16-17-12-11(14-5-6-19(9)12)13-4-3-10-7-15-18(2)8-10/h5-8H,3-4H2,1-2H3,(H,13,14). The number of hydrogen-bond acceptors (Lipinski definition) is 5. The molecule has 3 aromatic rings. The third-order valence-electron chi connectivity index (χ3n) is 2.96. The molecule has 0 radical (unpaired) electrons. The van der Waals surface area contributed by atoms with Crippen LogP contribution in [-0.2, 0) is 13.5 Å². The van der Waals surface area contributed by atoms with Gasteiger partial charge >= 0.3 is 0 Å². The van der Waals surface area contributed by atoms with Gasteiger partial charge in [0.1, 0.15) is 5.82 Å². The first kappa shape index (κ1) is 11.6. The van der Waals surface area contributed by atoms with E-state index in [4.69, 9.17) is 0 Å². The molecule has 3 rings (SSSR count). The monoisotopic (exact) mass is 257 g/mol. The van der Waals surface area contributed by atoms with E-state index in [0.29, 0.717) is 0 Å². The molecule has 0 aromatic carbocycles. The maximum Gasteiger partial charge on any atom is 0.203 e. The lowest BCUT2D eigenvalue weighted by atomic mass is 10.2. The van der Waals surface area contributed by atoms with Gasteiger partial charge in [0.05, 0.1) is 6.20 Å². The molecule has 0 saturated heterocycles. The van der Waals surface area contributed by atoms with Crippen LogP contribution < -0.4 is 5.32 Å². The zero-order valence-electron chi connectivity index (χ0n) is 10.9. The van der Waals surface area contributed by atoms with Crippen molar-refractivity contribution in [3.05, 3.63) is 36.2 Å². The minimum absolute atomic E-state index is 0.756. The van der Waals surface area contributed by atoms with Crippen molar-refractivity contribution in [2.24, 2.45) is 7.05 Å². The van der Waals surface area contributed by atoms with E-state index < -0.39 is 0 Å². The van der Waals surface area contributed by atoms with Crippen molar-refractivity contribution in [1.29, 1.82) is 0 Å². The molecule has 0 saturated carbocycles. The third-order valence-corrected chi connectivity index (χ3v) is 2.96. The molecule has 98 valence electrons. The third kappa shape index (κ3) is 2.26. The van der Waals surface area contributed by atoms with Crippen LogP contribution >= 0.6 is 0 Å². The Bertz CT molecular complexity index is 697. The number of aryl methyl sites for hydroxylation is 2. The normalized spacial score (nSPS) is 11.1. The Kier molecular flexibility index (Phi) is 2.86. The number of nitrogens with one attached hydrogen (secondary N) is 1. The molecular formula is C12H15N7. The van der Waals surface area contributed by atoms with Gasteiger partial charge < -0.3 is 5.32 Å². The lowest BCUT2D eigenvalue weighted by Crippen LogP contribution is -2.07. The first-order valence-electron chi connectivity index (χ1n) is 6.12. The molecule has 0 amide bonds. The van der Waals surface area contributed by atoms with E-state index in [0.717, 1.165) is 30.3 Å². The highest BCUT2D eigenvalue weighted by Gasteiger charge is 2.07. The van der Waals surface area contributed by atoms with E-state index in [-0.39, 0.29) is 0 Å². The van der Waals surface area contributed by atoms with Crippen molar-refractivity contribution in [2.75, 3.05) is 11.9 Å². The van der Waals surface area contributed by atoms with Gasteiger partial charge in [-0.15, -0.1) is 10.2 Å². The highest BCUT2D eigenvalue weighted by Crippen LogP contribution is 2.11. The van der Waals surface area contributed by atoms with Crippen LogP contribution in [0.1, 0.15) is 11.4 Å².